The normalized spacial score (nSPS) is 21.0. The van der Waals surface area contributed by atoms with Crippen molar-refractivity contribution in [1.82, 2.24) is 10.3 Å². The zero-order chi connectivity index (χ0) is 18.7. The van der Waals surface area contributed by atoms with Crippen molar-refractivity contribution in [3.8, 4) is 0 Å². The molecule has 2 aliphatic rings. The molecule has 6 nitrogen and oxygen atoms in total. The molecule has 0 bridgehead atoms. The van der Waals surface area contributed by atoms with Gasteiger partial charge in [0.05, 0.1) is 24.7 Å². The number of rotatable bonds is 8. The molecule has 2 unspecified atom stereocenters. The summed E-state index contributed by atoms with van der Waals surface area (Å²) in [6.07, 6.45) is 2.87. The van der Waals surface area contributed by atoms with Crippen LogP contribution in [-0.2, 0) is 6.42 Å². The van der Waals surface area contributed by atoms with E-state index in [1.807, 2.05) is 35.0 Å². The lowest BCUT2D eigenvalue weighted by Crippen LogP contribution is -2.47. The van der Waals surface area contributed by atoms with E-state index in [1.165, 1.54) is 16.9 Å². The Morgan fingerprint density at radius 2 is 2.19 bits per heavy atom. The summed E-state index contributed by atoms with van der Waals surface area (Å²) in [7, 11) is 0. The summed E-state index contributed by atoms with van der Waals surface area (Å²) in [6, 6.07) is 11.9. The van der Waals surface area contributed by atoms with Crippen LogP contribution in [0.3, 0.4) is 0 Å². The Kier molecular flexibility index (Phi) is 5.03. The molecule has 0 saturated heterocycles. The number of nitrogens with zero attached hydrogens (tertiary/aromatic N) is 4. The summed E-state index contributed by atoms with van der Waals surface area (Å²) >= 11 is 1.52. The molecule has 1 fully saturated rings. The smallest absolute Gasteiger partial charge is 0.252 e. The Morgan fingerprint density at radius 3 is 2.85 bits per heavy atom. The summed E-state index contributed by atoms with van der Waals surface area (Å²) in [4.78, 5) is 16.7. The zero-order valence-electron chi connectivity index (χ0n) is 15.1. The number of carbonyl (C=O) groups is 1. The van der Waals surface area contributed by atoms with Crippen LogP contribution in [-0.4, -0.2) is 48.3 Å². The van der Waals surface area contributed by atoms with Crippen LogP contribution in [0.4, 0.5) is 0 Å². The van der Waals surface area contributed by atoms with Crippen LogP contribution in [0.25, 0.3) is 0 Å². The maximum absolute atomic E-state index is 12.6. The van der Waals surface area contributed by atoms with Crippen molar-refractivity contribution in [1.29, 1.82) is 0 Å². The van der Waals surface area contributed by atoms with Gasteiger partial charge < -0.3 is 5.32 Å². The third-order valence-corrected chi connectivity index (χ3v) is 5.99. The second kappa shape index (κ2) is 7.60. The van der Waals surface area contributed by atoms with Crippen LogP contribution in [0.15, 0.2) is 62.5 Å². The van der Waals surface area contributed by atoms with Gasteiger partial charge in [0.15, 0.2) is 0 Å². The van der Waals surface area contributed by atoms with Crippen LogP contribution in [0.1, 0.15) is 28.8 Å². The highest BCUT2D eigenvalue weighted by atomic mass is 32.1. The quantitative estimate of drug-likeness (QED) is 0.712. The molecule has 1 N–H and O–H groups in total. The van der Waals surface area contributed by atoms with Gasteiger partial charge >= 0.3 is 0 Å². The lowest BCUT2D eigenvalue weighted by molar-refractivity contribution is 0.0929. The number of aliphatic imine (C=N–C) groups is 1. The van der Waals surface area contributed by atoms with Gasteiger partial charge in [-0.2, -0.15) is 16.5 Å². The van der Waals surface area contributed by atoms with E-state index in [2.05, 4.69) is 44.5 Å². The van der Waals surface area contributed by atoms with Gasteiger partial charge in [0.1, 0.15) is 6.04 Å². The fourth-order valence-corrected chi connectivity index (χ4v) is 4.16. The minimum atomic E-state index is -0.110. The molecule has 1 aromatic carbocycles. The van der Waals surface area contributed by atoms with E-state index in [-0.39, 0.29) is 23.5 Å². The highest BCUT2D eigenvalue weighted by molar-refractivity contribution is 7.08. The first-order valence-electron chi connectivity index (χ1n) is 9.18. The first kappa shape index (κ1) is 17.9. The van der Waals surface area contributed by atoms with E-state index in [4.69, 9.17) is 0 Å². The number of nitrogens with one attached hydrogen (secondary N) is 1. The van der Waals surface area contributed by atoms with Crippen molar-refractivity contribution in [2.24, 2.45) is 15.3 Å². The van der Waals surface area contributed by atoms with Gasteiger partial charge in [0.2, 0.25) is 0 Å². The van der Waals surface area contributed by atoms with E-state index < -0.39 is 0 Å². The highest BCUT2D eigenvalue weighted by Crippen LogP contribution is 2.44. The number of hydrogen-bond donors (Lipinski definition) is 1. The van der Waals surface area contributed by atoms with Crippen molar-refractivity contribution in [2.45, 2.75) is 36.9 Å². The molecule has 2 heterocycles. The molecule has 27 heavy (non-hydrogen) atoms. The van der Waals surface area contributed by atoms with E-state index >= 15 is 0 Å². The van der Waals surface area contributed by atoms with Gasteiger partial charge in [-0.15, -0.1) is 0 Å². The second-order valence-corrected chi connectivity index (χ2v) is 8.02. The Morgan fingerprint density at radius 1 is 1.37 bits per heavy atom. The van der Waals surface area contributed by atoms with Crippen molar-refractivity contribution in [3.05, 3.63) is 58.3 Å². The molecule has 1 saturated carbocycles. The Bertz CT molecular complexity index is 816. The number of carbonyl (C=O) groups excluding carboxylic acids is 1. The molecular weight excluding hydrogens is 358 g/mol. The van der Waals surface area contributed by atoms with E-state index in [0.29, 0.717) is 18.7 Å². The lowest BCUT2D eigenvalue weighted by Gasteiger charge is -2.26. The van der Waals surface area contributed by atoms with Gasteiger partial charge in [-0.1, -0.05) is 35.6 Å². The molecule has 1 aromatic heterocycles. The average Bonchev–Trinajstić information content (AvgIpc) is 3.12. The van der Waals surface area contributed by atoms with Crippen LogP contribution < -0.4 is 5.32 Å². The molecule has 2 atom stereocenters. The van der Waals surface area contributed by atoms with Gasteiger partial charge in [-0.05, 0) is 43.0 Å². The molecule has 4 rings (SSSR count). The molecule has 1 aliphatic heterocycles. The standard InChI is InChI=1S/C20H23N5OS/c1-21-14-20(8-9-20)25-12-18(23-24-25)17(11-15-5-3-2-4-6-15)22-19(26)16-7-10-27-13-16/h2-7,10,13,17-18H,1,8-9,11-12,14H2,(H,22,26). The summed E-state index contributed by atoms with van der Waals surface area (Å²) in [6.45, 7) is 5.02. The van der Waals surface area contributed by atoms with Gasteiger partial charge in [0, 0.05) is 10.9 Å². The maximum Gasteiger partial charge on any atom is 0.252 e. The maximum atomic E-state index is 12.6. The monoisotopic (exact) mass is 381 g/mol. The van der Waals surface area contributed by atoms with Crippen LogP contribution in [0.2, 0.25) is 0 Å². The third kappa shape index (κ3) is 3.93. The molecule has 2 aromatic rings. The number of amides is 1. The predicted octanol–water partition coefficient (Wildman–Crippen LogP) is 3.37. The van der Waals surface area contributed by atoms with Gasteiger partial charge in [0.25, 0.3) is 5.91 Å². The minimum absolute atomic E-state index is 0.00529. The fraction of sp³-hybridized carbons (Fsp3) is 0.400. The van der Waals surface area contributed by atoms with Crippen LogP contribution in [0, 0.1) is 0 Å². The fourth-order valence-electron chi connectivity index (χ4n) is 3.52. The van der Waals surface area contributed by atoms with Gasteiger partial charge in [-0.3, -0.25) is 14.8 Å². The van der Waals surface area contributed by atoms with E-state index in [9.17, 15) is 4.79 Å². The van der Waals surface area contributed by atoms with Crippen molar-refractivity contribution < 1.29 is 4.79 Å². The van der Waals surface area contributed by atoms with Crippen LogP contribution in [0.5, 0.6) is 0 Å². The summed E-state index contributed by atoms with van der Waals surface area (Å²) in [5.74, 6) is -0.0558. The van der Waals surface area contributed by atoms with Crippen LogP contribution >= 0.6 is 11.3 Å². The summed E-state index contributed by atoms with van der Waals surface area (Å²) < 4.78 is 0. The first-order valence-corrected chi connectivity index (χ1v) is 10.1. The SMILES string of the molecule is C=NCC1(N2CC(C(Cc3ccccc3)NC(=O)c3ccsc3)N=N2)CC1. The molecular formula is C20H23N5OS. The molecule has 140 valence electrons. The molecule has 1 amide bonds. The topological polar surface area (TPSA) is 69.4 Å². The number of benzene rings is 1. The van der Waals surface area contributed by atoms with Crippen molar-refractivity contribution in [3.63, 3.8) is 0 Å². The minimum Gasteiger partial charge on any atom is -0.347 e. The second-order valence-electron chi connectivity index (χ2n) is 7.24. The molecule has 0 radical (unpaired) electrons. The van der Waals surface area contributed by atoms with E-state index in [1.54, 1.807) is 0 Å². The Labute approximate surface area is 163 Å². The largest absolute Gasteiger partial charge is 0.347 e. The Balaban J connectivity index is 1.49. The average molecular weight is 382 g/mol. The molecule has 7 heteroatoms. The molecule has 0 spiro atoms. The number of thiophene rings is 1. The zero-order valence-corrected chi connectivity index (χ0v) is 15.9. The lowest BCUT2D eigenvalue weighted by atomic mass is 9.99. The van der Waals surface area contributed by atoms with Gasteiger partial charge in [-0.25, -0.2) is 0 Å². The molecule has 1 aliphatic carbocycles. The Hall–Kier alpha value is -2.54. The van der Waals surface area contributed by atoms with E-state index in [0.717, 1.165) is 19.3 Å². The first-order chi connectivity index (χ1) is 13.2. The van der Waals surface area contributed by atoms with Crippen molar-refractivity contribution >= 4 is 24.0 Å². The van der Waals surface area contributed by atoms with Crippen molar-refractivity contribution in [2.75, 3.05) is 13.1 Å². The third-order valence-electron chi connectivity index (χ3n) is 5.31. The predicted molar refractivity (Wildman–Crippen MR) is 107 cm³/mol. The highest BCUT2D eigenvalue weighted by Gasteiger charge is 2.50. The number of hydrogen-bond acceptors (Lipinski definition) is 6. The summed E-state index contributed by atoms with van der Waals surface area (Å²) in [5, 5.41) is 18.0. The summed E-state index contributed by atoms with van der Waals surface area (Å²) in [5.41, 5.74) is 1.87.